The van der Waals surface area contributed by atoms with Crippen molar-refractivity contribution in [1.82, 2.24) is 19.8 Å². The Morgan fingerprint density at radius 3 is 2.53 bits per heavy atom. The predicted octanol–water partition coefficient (Wildman–Crippen LogP) is 3.26. The Kier molecular flexibility index (Phi) is 6.38. The average Bonchev–Trinajstić information content (AvgIpc) is 3.27. The van der Waals surface area contributed by atoms with E-state index in [1.807, 2.05) is 31.2 Å². The van der Waals surface area contributed by atoms with E-state index in [0.29, 0.717) is 23.9 Å². The molecule has 0 spiro atoms. The van der Waals surface area contributed by atoms with E-state index in [1.165, 1.54) is 0 Å². The van der Waals surface area contributed by atoms with Gasteiger partial charge < -0.3 is 9.32 Å². The fourth-order valence-electron chi connectivity index (χ4n) is 3.91. The summed E-state index contributed by atoms with van der Waals surface area (Å²) in [6.45, 7) is 2.82. The maximum absolute atomic E-state index is 13.1. The maximum Gasteiger partial charge on any atom is 0.254 e. The fourth-order valence-corrected chi connectivity index (χ4v) is 4.41. The number of piperidine rings is 1. The summed E-state index contributed by atoms with van der Waals surface area (Å²) in [6, 6.07) is 14.7. The number of hydrogen-bond donors (Lipinski definition) is 1. The monoisotopic (exact) mass is 454 g/mol. The molecule has 0 bridgehead atoms. The van der Waals surface area contributed by atoms with E-state index in [-0.39, 0.29) is 18.5 Å². The molecule has 2 heterocycles. The molecular formula is C23H26N4O4S. The van der Waals surface area contributed by atoms with Gasteiger partial charge in [-0.05, 0) is 62.1 Å². The summed E-state index contributed by atoms with van der Waals surface area (Å²) in [4.78, 5) is 14.9. The Bertz CT molecular complexity index is 1200. The number of amides is 1. The summed E-state index contributed by atoms with van der Waals surface area (Å²) in [5.74, 6) is 0.728. The molecule has 32 heavy (non-hydrogen) atoms. The summed E-state index contributed by atoms with van der Waals surface area (Å²) in [6.07, 6.45) is 3.78. The van der Waals surface area contributed by atoms with Crippen LogP contribution in [0.2, 0.25) is 0 Å². The molecule has 168 valence electrons. The fraction of sp³-hybridized carbons (Fsp3) is 0.348. The van der Waals surface area contributed by atoms with Crippen molar-refractivity contribution in [1.29, 1.82) is 0 Å². The zero-order valence-electron chi connectivity index (χ0n) is 18.1. The van der Waals surface area contributed by atoms with Crippen LogP contribution in [0.4, 0.5) is 0 Å². The molecule has 9 heteroatoms. The molecule has 3 aromatic rings. The quantitative estimate of drug-likeness (QED) is 0.613. The Balaban J connectivity index is 1.49. The first kappa shape index (κ1) is 22.2. The molecule has 1 saturated heterocycles. The molecule has 1 aliphatic rings. The number of carbonyl (C=O) groups is 1. The highest BCUT2D eigenvalue weighted by Crippen LogP contribution is 2.27. The van der Waals surface area contributed by atoms with Gasteiger partial charge in [-0.3, -0.25) is 4.79 Å². The second kappa shape index (κ2) is 9.22. The van der Waals surface area contributed by atoms with E-state index in [0.717, 1.165) is 42.2 Å². The van der Waals surface area contributed by atoms with Crippen molar-refractivity contribution in [3.05, 3.63) is 59.7 Å². The van der Waals surface area contributed by atoms with Crippen molar-refractivity contribution < 1.29 is 17.6 Å². The van der Waals surface area contributed by atoms with E-state index < -0.39 is 10.0 Å². The lowest BCUT2D eigenvalue weighted by atomic mass is 10.0. The van der Waals surface area contributed by atoms with E-state index in [2.05, 4.69) is 14.9 Å². The standard InChI is InChI=1S/C23H26N4O4S/c1-16-7-3-4-9-20(16)22-26-25-21(31-22)17-10-12-18(13-11-17)23(28)27-14-6-5-8-19(27)15-24-32(2,29)30/h3-4,7,9-13,19,24H,5-6,8,14-15H2,1-2H3. The smallest absolute Gasteiger partial charge is 0.254 e. The zero-order chi connectivity index (χ0) is 22.7. The summed E-state index contributed by atoms with van der Waals surface area (Å²) in [7, 11) is -3.31. The van der Waals surface area contributed by atoms with Gasteiger partial charge in [-0.1, -0.05) is 18.2 Å². The third-order valence-electron chi connectivity index (χ3n) is 5.65. The Morgan fingerprint density at radius 2 is 1.81 bits per heavy atom. The molecule has 1 N–H and O–H groups in total. The van der Waals surface area contributed by atoms with Crippen molar-refractivity contribution in [3.63, 3.8) is 0 Å². The summed E-state index contributed by atoms with van der Waals surface area (Å²) < 4.78 is 31.3. The molecule has 0 saturated carbocycles. The van der Waals surface area contributed by atoms with Gasteiger partial charge in [-0.15, -0.1) is 10.2 Å². The second-order valence-corrected chi connectivity index (χ2v) is 9.91. The molecule has 1 amide bonds. The molecule has 1 fully saturated rings. The number of carbonyl (C=O) groups excluding carboxylic acids is 1. The largest absolute Gasteiger partial charge is 0.416 e. The number of nitrogens with one attached hydrogen (secondary N) is 1. The first-order valence-electron chi connectivity index (χ1n) is 10.6. The molecule has 8 nitrogen and oxygen atoms in total. The number of nitrogens with zero attached hydrogens (tertiary/aromatic N) is 3. The zero-order valence-corrected chi connectivity index (χ0v) is 18.9. The normalized spacial score (nSPS) is 16.8. The SMILES string of the molecule is Cc1ccccc1-c1nnc(-c2ccc(C(=O)N3CCCCC3CNS(C)(=O)=O)cc2)o1. The van der Waals surface area contributed by atoms with Crippen molar-refractivity contribution in [3.8, 4) is 22.9 Å². The third kappa shape index (κ3) is 5.05. The maximum atomic E-state index is 13.1. The Morgan fingerprint density at radius 1 is 1.09 bits per heavy atom. The number of hydrogen-bond acceptors (Lipinski definition) is 6. The molecule has 1 aromatic heterocycles. The lowest BCUT2D eigenvalue weighted by Gasteiger charge is -2.35. The van der Waals surface area contributed by atoms with Crippen LogP contribution in [0.25, 0.3) is 22.9 Å². The minimum absolute atomic E-state index is 0.109. The molecule has 1 aliphatic heterocycles. The van der Waals surface area contributed by atoms with Gasteiger partial charge in [0.15, 0.2) is 0 Å². The minimum Gasteiger partial charge on any atom is -0.416 e. The number of rotatable bonds is 6. The van der Waals surface area contributed by atoms with Crippen LogP contribution < -0.4 is 4.72 Å². The van der Waals surface area contributed by atoms with Gasteiger partial charge in [0.05, 0.1) is 6.26 Å². The molecule has 1 unspecified atom stereocenters. The van der Waals surface area contributed by atoms with Crippen LogP contribution in [0.1, 0.15) is 35.2 Å². The lowest BCUT2D eigenvalue weighted by molar-refractivity contribution is 0.0619. The Hall–Kier alpha value is -3.04. The average molecular weight is 455 g/mol. The van der Waals surface area contributed by atoms with Gasteiger partial charge in [0.1, 0.15) is 0 Å². The van der Waals surface area contributed by atoms with E-state index in [1.54, 1.807) is 29.2 Å². The molecule has 1 atom stereocenters. The van der Waals surface area contributed by atoms with Crippen LogP contribution in [0.15, 0.2) is 52.9 Å². The van der Waals surface area contributed by atoms with Crippen molar-refractivity contribution in [2.75, 3.05) is 19.3 Å². The van der Waals surface area contributed by atoms with Crippen LogP contribution in [0.3, 0.4) is 0 Å². The first-order chi connectivity index (χ1) is 15.3. The van der Waals surface area contributed by atoms with Crippen LogP contribution in [0.5, 0.6) is 0 Å². The van der Waals surface area contributed by atoms with Gasteiger partial charge in [0, 0.05) is 35.8 Å². The molecule has 2 aromatic carbocycles. The lowest BCUT2D eigenvalue weighted by Crippen LogP contribution is -2.49. The highest BCUT2D eigenvalue weighted by Gasteiger charge is 2.28. The topological polar surface area (TPSA) is 105 Å². The minimum atomic E-state index is -3.31. The van der Waals surface area contributed by atoms with Gasteiger partial charge in [0.25, 0.3) is 5.91 Å². The second-order valence-electron chi connectivity index (χ2n) is 8.07. The van der Waals surface area contributed by atoms with Gasteiger partial charge >= 0.3 is 0 Å². The van der Waals surface area contributed by atoms with Gasteiger partial charge in [-0.25, -0.2) is 13.1 Å². The molecular weight excluding hydrogens is 428 g/mol. The number of likely N-dealkylation sites (tertiary alicyclic amines) is 1. The van der Waals surface area contributed by atoms with Crippen LogP contribution in [0, 0.1) is 6.92 Å². The summed E-state index contributed by atoms with van der Waals surface area (Å²) in [5.41, 5.74) is 3.20. The van der Waals surface area contributed by atoms with E-state index >= 15 is 0 Å². The molecule has 0 aliphatic carbocycles. The summed E-state index contributed by atoms with van der Waals surface area (Å²) in [5, 5.41) is 8.31. The summed E-state index contributed by atoms with van der Waals surface area (Å²) >= 11 is 0. The van der Waals surface area contributed by atoms with Crippen molar-refractivity contribution in [2.24, 2.45) is 0 Å². The van der Waals surface area contributed by atoms with Crippen LogP contribution >= 0.6 is 0 Å². The Labute approximate surface area is 187 Å². The van der Waals surface area contributed by atoms with Gasteiger partial charge in [-0.2, -0.15) is 0 Å². The number of aromatic nitrogens is 2. The van der Waals surface area contributed by atoms with Crippen LogP contribution in [-0.4, -0.2) is 54.8 Å². The highest BCUT2D eigenvalue weighted by molar-refractivity contribution is 7.88. The van der Waals surface area contributed by atoms with Gasteiger partial charge in [0.2, 0.25) is 21.8 Å². The predicted molar refractivity (Wildman–Crippen MR) is 121 cm³/mol. The van der Waals surface area contributed by atoms with Crippen LogP contribution in [-0.2, 0) is 10.0 Å². The number of sulfonamides is 1. The van der Waals surface area contributed by atoms with E-state index in [4.69, 9.17) is 4.42 Å². The van der Waals surface area contributed by atoms with E-state index in [9.17, 15) is 13.2 Å². The third-order valence-corrected chi connectivity index (χ3v) is 6.34. The van der Waals surface area contributed by atoms with Crippen molar-refractivity contribution >= 4 is 15.9 Å². The van der Waals surface area contributed by atoms with Crippen molar-refractivity contribution in [2.45, 2.75) is 32.2 Å². The number of benzene rings is 2. The molecule has 0 radical (unpaired) electrons. The highest BCUT2D eigenvalue weighted by atomic mass is 32.2. The number of aryl methyl sites for hydroxylation is 1. The first-order valence-corrected chi connectivity index (χ1v) is 12.5. The molecule has 4 rings (SSSR count).